The van der Waals surface area contributed by atoms with E-state index in [-0.39, 0.29) is 29.8 Å². The number of amides is 2. The highest BCUT2D eigenvalue weighted by Crippen LogP contribution is 2.54. The van der Waals surface area contributed by atoms with Crippen LogP contribution in [0, 0.1) is 12.7 Å². The van der Waals surface area contributed by atoms with Gasteiger partial charge in [0.05, 0.1) is 30.7 Å². The van der Waals surface area contributed by atoms with Gasteiger partial charge in [-0.05, 0) is 61.9 Å². The summed E-state index contributed by atoms with van der Waals surface area (Å²) in [6.45, 7) is 6.63. The highest BCUT2D eigenvalue weighted by Gasteiger charge is 2.58. The van der Waals surface area contributed by atoms with Crippen molar-refractivity contribution >= 4 is 57.7 Å². The number of aromatic nitrogens is 1. The van der Waals surface area contributed by atoms with Crippen molar-refractivity contribution in [3.8, 4) is 0 Å². The van der Waals surface area contributed by atoms with Crippen LogP contribution in [0.1, 0.15) is 35.6 Å². The lowest BCUT2D eigenvalue weighted by Gasteiger charge is -2.36. The lowest BCUT2D eigenvalue weighted by Crippen LogP contribution is -2.48. The van der Waals surface area contributed by atoms with Crippen molar-refractivity contribution in [2.75, 3.05) is 39.4 Å². The molecule has 2 N–H and O–H groups in total. The van der Waals surface area contributed by atoms with Gasteiger partial charge in [-0.25, -0.2) is 4.39 Å². The van der Waals surface area contributed by atoms with Crippen LogP contribution in [-0.4, -0.2) is 70.7 Å². The summed E-state index contributed by atoms with van der Waals surface area (Å²) in [5.74, 6) is -0.958. The van der Waals surface area contributed by atoms with Gasteiger partial charge >= 0.3 is 0 Å². The van der Waals surface area contributed by atoms with Gasteiger partial charge in [-0.1, -0.05) is 53.0 Å². The van der Waals surface area contributed by atoms with Gasteiger partial charge in [0, 0.05) is 58.8 Å². The zero-order chi connectivity index (χ0) is 31.6. The third kappa shape index (κ3) is 6.88. The van der Waals surface area contributed by atoms with E-state index in [4.69, 9.17) is 27.9 Å². The van der Waals surface area contributed by atoms with E-state index in [1.165, 1.54) is 23.9 Å². The van der Waals surface area contributed by atoms with Crippen LogP contribution >= 0.6 is 35.0 Å². The number of aryl methyl sites for hydroxylation is 1. The number of benzene rings is 3. The van der Waals surface area contributed by atoms with Gasteiger partial charge in [-0.15, -0.1) is 11.8 Å². The van der Waals surface area contributed by atoms with Crippen LogP contribution in [0.4, 0.5) is 4.39 Å². The average Bonchev–Trinajstić information content (AvgIpc) is 3.56. The number of halogens is 3. The number of nitrogens with zero attached hydrogens (tertiary/aromatic N) is 2. The first-order chi connectivity index (χ1) is 21.7. The number of likely N-dealkylation sites (tertiary alicyclic amines) is 1. The monoisotopic (exact) mass is 668 g/mol. The number of carbonyl (C=O) groups is 2. The predicted octanol–water partition coefficient (Wildman–Crippen LogP) is 6.77. The molecule has 2 aliphatic heterocycles. The summed E-state index contributed by atoms with van der Waals surface area (Å²) in [5, 5.41) is 4.65. The molecule has 236 valence electrons. The lowest BCUT2D eigenvalue weighted by molar-refractivity contribution is -0.129. The Labute approximate surface area is 276 Å². The van der Waals surface area contributed by atoms with Gasteiger partial charge in [-0.3, -0.25) is 14.5 Å². The third-order valence-corrected chi connectivity index (χ3v) is 10.5. The SMILES string of the molecule is Cc1ccc(S[C@]2(C(=O)NCCCN3CCOCC3)CC(=O)N(Cc3ccc(Cl)c(F)c3)[C@H]2c2c[nH]c3cc(Cl)ccc23)cc1. The number of hydrogen-bond acceptors (Lipinski definition) is 5. The molecule has 6 rings (SSSR count). The first kappa shape index (κ1) is 31.9. The van der Waals surface area contributed by atoms with Gasteiger partial charge in [0.25, 0.3) is 0 Å². The minimum Gasteiger partial charge on any atom is -0.379 e. The van der Waals surface area contributed by atoms with Crippen molar-refractivity contribution in [3.63, 3.8) is 0 Å². The lowest BCUT2D eigenvalue weighted by atomic mass is 9.91. The fraction of sp³-hybridized carbons (Fsp3) is 0.353. The van der Waals surface area contributed by atoms with Crippen LogP contribution in [0.3, 0.4) is 0 Å². The van der Waals surface area contributed by atoms with Gasteiger partial charge in [0.1, 0.15) is 10.6 Å². The molecule has 2 saturated heterocycles. The van der Waals surface area contributed by atoms with E-state index >= 15 is 0 Å². The number of nitrogens with one attached hydrogen (secondary N) is 2. The summed E-state index contributed by atoms with van der Waals surface area (Å²) in [6, 6.07) is 17.4. The van der Waals surface area contributed by atoms with Crippen molar-refractivity contribution in [3.05, 3.63) is 99.4 Å². The molecule has 1 aromatic heterocycles. The number of ether oxygens (including phenoxy) is 1. The van der Waals surface area contributed by atoms with E-state index in [1.54, 1.807) is 17.0 Å². The Hall–Kier alpha value is -3.08. The second-order valence-corrected chi connectivity index (χ2v) is 13.9. The summed E-state index contributed by atoms with van der Waals surface area (Å²) in [5.41, 5.74) is 3.28. The first-order valence-electron chi connectivity index (χ1n) is 15.1. The summed E-state index contributed by atoms with van der Waals surface area (Å²) >= 11 is 13.7. The Bertz CT molecular complexity index is 1690. The van der Waals surface area contributed by atoms with Crippen molar-refractivity contribution in [1.29, 1.82) is 0 Å². The summed E-state index contributed by atoms with van der Waals surface area (Å²) < 4.78 is 18.8. The second-order valence-electron chi connectivity index (χ2n) is 11.7. The van der Waals surface area contributed by atoms with E-state index in [0.717, 1.165) is 66.2 Å². The molecule has 0 unspecified atom stereocenters. The van der Waals surface area contributed by atoms with Crippen LogP contribution < -0.4 is 5.32 Å². The van der Waals surface area contributed by atoms with E-state index in [2.05, 4.69) is 15.2 Å². The Morgan fingerprint density at radius 2 is 1.89 bits per heavy atom. The molecular formula is C34H35Cl2FN4O3S. The molecule has 3 aromatic carbocycles. The van der Waals surface area contributed by atoms with Crippen molar-refractivity contribution in [1.82, 2.24) is 20.1 Å². The van der Waals surface area contributed by atoms with E-state index in [0.29, 0.717) is 17.1 Å². The van der Waals surface area contributed by atoms with Crippen LogP contribution in [0.5, 0.6) is 0 Å². The topological polar surface area (TPSA) is 77.7 Å². The Kier molecular flexibility index (Phi) is 9.73. The molecule has 4 aromatic rings. The minimum absolute atomic E-state index is 0.0114. The Morgan fingerprint density at radius 1 is 1.11 bits per heavy atom. The van der Waals surface area contributed by atoms with E-state index in [1.807, 2.05) is 49.5 Å². The van der Waals surface area contributed by atoms with E-state index < -0.39 is 16.6 Å². The number of carbonyl (C=O) groups excluding carboxylic acids is 2. The number of thioether (sulfide) groups is 1. The van der Waals surface area contributed by atoms with Gasteiger partial charge in [-0.2, -0.15) is 0 Å². The quantitative estimate of drug-likeness (QED) is 0.183. The number of morpholine rings is 1. The number of hydrogen-bond donors (Lipinski definition) is 2. The standard InChI is InChI=1S/C34H35Cl2FN4O3S/c1-22-3-7-25(8-4-22)45-34(33(43)38-11-2-12-40-13-15-44-16-14-40)19-31(42)41(21-23-5-10-28(36)29(37)17-23)32(34)27-20-39-30-18-24(35)6-9-26(27)30/h3-10,17-18,20,32,39H,2,11-16,19,21H2,1H3,(H,38,43)/t32-,34+/m0/s1. The molecule has 0 bridgehead atoms. The molecule has 3 heterocycles. The number of aromatic amines is 1. The fourth-order valence-corrected chi connectivity index (χ4v) is 7.95. The first-order valence-corrected chi connectivity index (χ1v) is 16.6. The smallest absolute Gasteiger partial charge is 0.239 e. The highest BCUT2D eigenvalue weighted by atomic mass is 35.5. The fourth-order valence-electron chi connectivity index (χ4n) is 6.24. The molecule has 0 saturated carbocycles. The molecule has 0 aliphatic carbocycles. The molecule has 0 spiro atoms. The second kappa shape index (κ2) is 13.7. The van der Waals surface area contributed by atoms with E-state index in [9.17, 15) is 14.0 Å². The van der Waals surface area contributed by atoms with Crippen molar-refractivity contribution < 1.29 is 18.7 Å². The summed E-state index contributed by atoms with van der Waals surface area (Å²) in [6.07, 6.45) is 2.60. The Balaban J connectivity index is 1.40. The van der Waals surface area contributed by atoms with Gasteiger partial charge in [0.2, 0.25) is 11.8 Å². The third-order valence-electron chi connectivity index (χ3n) is 8.54. The van der Waals surface area contributed by atoms with Crippen LogP contribution in [0.2, 0.25) is 10.0 Å². The molecule has 2 amide bonds. The van der Waals surface area contributed by atoms with Gasteiger partial charge < -0.3 is 19.9 Å². The maximum atomic E-state index is 14.6. The molecule has 2 fully saturated rings. The predicted molar refractivity (Wildman–Crippen MR) is 177 cm³/mol. The molecule has 7 nitrogen and oxygen atoms in total. The zero-order valence-electron chi connectivity index (χ0n) is 25.0. The molecule has 11 heteroatoms. The van der Waals surface area contributed by atoms with Crippen LogP contribution in [0.15, 0.2) is 71.8 Å². The minimum atomic E-state index is -1.22. The Morgan fingerprint density at radius 3 is 2.64 bits per heavy atom. The largest absolute Gasteiger partial charge is 0.379 e. The average molecular weight is 670 g/mol. The molecule has 45 heavy (non-hydrogen) atoms. The van der Waals surface area contributed by atoms with Gasteiger partial charge in [0.15, 0.2) is 0 Å². The number of fused-ring (bicyclic) bond motifs is 1. The van der Waals surface area contributed by atoms with Crippen LogP contribution in [-0.2, 0) is 20.9 Å². The van der Waals surface area contributed by atoms with Crippen LogP contribution in [0.25, 0.3) is 10.9 Å². The maximum Gasteiger partial charge on any atom is 0.239 e. The van der Waals surface area contributed by atoms with Crippen molar-refractivity contribution in [2.45, 2.75) is 42.0 Å². The molecule has 2 atom stereocenters. The summed E-state index contributed by atoms with van der Waals surface area (Å²) in [4.78, 5) is 36.9. The molecule has 0 radical (unpaired) electrons. The van der Waals surface area contributed by atoms with Crippen molar-refractivity contribution in [2.24, 2.45) is 0 Å². The molecule has 2 aliphatic rings. The zero-order valence-corrected chi connectivity index (χ0v) is 27.3. The normalized spacial score (nSPS) is 20.7. The maximum absolute atomic E-state index is 14.6. The summed E-state index contributed by atoms with van der Waals surface area (Å²) in [7, 11) is 0. The number of H-pyrrole nitrogens is 1. The highest BCUT2D eigenvalue weighted by molar-refractivity contribution is 8.01. The number of rotatable bonds is 10. The molecular weight excluding hydrogens is 634 g/mol.